The van der Waals surface area contributed by atoms with Gasteiger partial charge in [-0.05, 0) is 67.5 Å². The fraction of sp³-hybridized carbons (Fsp3) is 0.350. The average Bonchev–Trinajstić information content (AvgIpc) is 2.87. The summed E-state index contributed by atoms with van der Waals surface area (Å²) >= 11 is 0. The van der Waals surface area contributed by atoms with Crippen LogP contribution in [0.2, 0.25) is 0 Å². The predicted octanol–water partition coefficient (Wildman–Crippen LogP) is 4.10. The van der Waals surface area contributed by atoms with Gasteiger partial charge in [0.2, 0.25) is 0 Å². The standard InChI is InChI=1S/C20H20F2N2O/c21-15-4-1-12(2-5-15)14-9-16-6-7-17(10-14)24(16)20(25)13-3-8-19(23)18(22)11-13/h1-5,8,11,14,16-17H,6-7,9-10,23H2/t14-,16+,17-. The van der Waals surface area contributed by atoms with Crippen molar-refractivity contribution in [3.05, 3.63) is 65.2 Å². The second-order valence-electron chi connectivity index (χ2n) is 7.05. The van der Waals surface area contributed by atoms with E-state index in [1.165, 1.54) is 24.3 Å². The lowest BCUT2D eigenvalue weighted by Crippen LogP contribution is -2.46. The van der Waals surface area contributed by atoms with Crippen molar-refractivity contribution in [1.82, 2.24) is 4.90 Å². The molecule has 0 radical (unpaired) electrons. The Hall–Kier alpha value is -2.43. The van der Waals surface area contributed by atoms with Crippen LogP contribution in [0, 0.1) is 11.6 Å². The number of hydrogen-bond donors (Lipinski definition) is 1. The van der Waals surface area contributed by atoms with Crippen molar-refractivity contribution in [3.8, 4) is 0 Å². The summed E-state index contributed by atoms with van der Waals surface area (Å²) in [6, 6.07) is 11.2. The molecule has 2 saturated heterocycles. The maximum Gasteiger partial charge on any atom is 0.254 e. The van der Waals surface area contributed by atoms with E-state index < -0.39 is 5.82 Å². The summed E-state index contributed by atoms with van der Waals surface area (Å²) < 4.78 is 26.9. The first-order chi connectivity index (χ1) is 12.0. The Kier molecular flexibility index (Phi) is 3.94. The lowest BCUT2D eigenvalue weighted by molar-refractivity contribution is 0.0571. The van der Waals surface area contributed by atoms with Gasteiger partial charge in [-0.2, -0.15) is 0 Å². The highest BCUT2D eigenvalue weighted by Gasteiger charge is 2.43. The highest BCUT2D eigenvalue weighted by Crippen LogP contribution is 2.43. The van der Waals surface area contributed by atoms with Crippen LogP contribution in [0.5, 0.6) is 0 Å². The van der Waals surface area contributed by atoms with Crippen molar-refractivity contribution < 1.29 is 13.6 Å². The van der Waals surface area contributed by atoms with Gasteiger partial charge in [0.05, 0.1) is 5.69 Å². The number of hydrogen-bond acceptors (Lipinski definition) is 2. The van der Waals surface area contributed by atoms with Gasteiger partial charge < -0.3 is 10.6 Å². The summed E-state index contributed by atoms with van der Waals surface area (Å²) in [5.41, 5.74) is 7.03. The van der Waals surface area contributed by atoms with E-state index in [0.717, 1.165) is 31.2 Å². The number of carbonyl (C=O) groups is 1. The van der Waals surface area contributed by atoms with Crippen LogP contribution in [-0.2, 0) is 0 Å². The number of piperidine rings is 1. The molecule has 2 aromatic rings. The molecule has 4 rings (SSSR count). The number of rotatable bonds is 2. The molecule has 2 fully saturated rings. The van der Waals surface area contributed by atoms with Gasteiger partial charge in [-0.3, -0.25) is 4.79 Å². The van der Waals surface area contributed by atoms with Crippen molar-refractivity contribution in [1.29, 1.82) is 0 Å². The molecule has 130 valence electrons. The van der Waals surface area contributed by atoms with Gasteiger partial charge in [-0.25, -0.2) is 8.78 Å². The van der Waals surface area contributed by atoms with Gasteiger partial charge >= 0.3 is 0 Å². The molecule has 2 aliphatic rings. The topological polar surface area (TPSA) is 46.3 Å². The molecule has 1 amide bonds. The summed E-state index contributed by atoms with van der Waals surface area (Å²) in [5, 5.41) is 0. The zero-order valence-corrected chi connectivity index (χ0v) is 13.8. The normalized spacial score (nSPS) is 25.2. The van der Waals surface area contributed by atoms with E-state index in [2.05, 4.69) is 0 Å². The number of nitrogen functional groups attached to an aromatic ring is 1. The van der Waals surface area contributed by atoms with Crippen LogP contribution in [0.15, 0.2) is 42.5 Å². The molecule has 0 saturated carbocycles. The first kappa shape index (κ1) is 16.1. The monoisotopic (exact) mass is 342 g/mol. The van der Waals surface area contributed by atoms with E-state index in [0.29, 0.717) is 11.5 Å². The fourth-order valence-corrected chi connectivity index (χ4v) is 4.32. The summed E-state index contributed by atoms with van der Waals surface area (Å²) in [6.45, 7) is 0. The van der Waals surface area contributed by atoms with Gasteiger partial charge in [0.25, 0.3) is 5.91 Å². The maximum absolute atomic E-state index is 13.7. The second-order valence-corrected chi connectivity index (χ2v) is 7.05. The van der Waals surface area contributed by atoms with Crippen molar-refractivity contribution in [2.45, 2.75) is 43.7 Å². The Balaban J connectivity index is 1.55. The van der Waals surface area contributed by atoms with Crippen molar-refractivity contribution in [2.24, 2.45) is 0 Å². The van der Waals surface area contributed by atoms with Gasteiger partial charge in [-0.1, -0.05) is 12.1 Å². The summed E-state index contributed by atoms with van der Waals surface area (Å²) in [7, 11) is 0. The first-order valence-electron chi connectivity index (χ1n) is 8.66. The Morgan fingerprint density at radius 3 is 2.24 bits per heavy atom. The van der Waals surface area contributed by atoms with Crippen molar-refractivity contribution in [3.63, 3.8) is 0 Å². The lowest BCUT2D eigenvalue weighted by Gasteiger charge is -2.39. The van der Waals surface area contributed by atoms with E-state index >= 15 is 0 Å². The smallest absolute Gasteiger partial charge is 0.254 e. The molecule has 2 bridgehead atoms. The number of nitrogens with zero attached hydrogens (tertiary/aromatic N) is 1. The van der Waals surface area contributed by atoms with E-state index in [1.807, 2.05) is 17.0 Å². The lowest BCUT2D eigenvalue weighted by atomic mass is 9.85. The third-order valence-electron chi connectivity index (χ3n) is 5.56. The molecule has 2 aromatic carbocycles. The second kappa shape index (κ2) is 6.14. The van der Waals surface area contributed by atoms with Gasteiger partial charge in [0.1, 0.15) is 11.6 Å². The van der Waals surface area contributed by atoms with E-state index in [4.69, 9.17) is 5.73 Å². The van der Waals surface area contributed by atoms with Crippen LogP contribution in [0.3, 0.4) is 0 Å². The largest absolute Gasteiger partial charge is 0.396 e. The highest BCUT2D eigenvalue weighted by molar-refractivity contribution is 5.95. The highest BCUT2D eigenvalue weighted by atomic mass is 19.1. The third-order valence-corrected chi connectivity index (χ3v) is 5.56. The van der Waals surface area contributed by atoms with Crippen LogP contribution in [0.4, 0.5) is 14.5 Å². The van der Waals surface area contributed by atoms with Gasteiger partial charge in [-0.15, -0.1) is 0 Å². The molecular weight excluding hydrogens is 322 g/mol. The Morgan fingerprint density at radius 2 is 1.64 bits per heavy atom. The molecular formula is C20H20F2N2O. The minimum atomic E-state index is -0.556. The van der Waals surface area contributed by atoms with Crippen LogP contribution < -0.4 is 5.73 Å². The molecule has 2 heterocycles. The molecule has 0 spiro atoms. The molecule has 25 heavy (non-hydrogen) atoms. The Morgan fingerprint density at radius 1 is 1.00 bits per heavy atom. The molecule has 2 aliphatic heterocycles. The number of amides is 1. The SMILES string of the molecule is Nc1ccc(C(=O)N2[C@@H]3CC[C@H]2C[C@@H](c2ccc(F)cc2)C3)cc1F. The van der Waals surface area contributed by atoms with Crippen LogP contribution in [0.25, 0.3) is 0 Å². The van der Waals surface area contributed by atoms with E-state index in [9.17, 15) is 13.6 Å². The van der Waals surface area contributed by atoms with E-state index in [-0.39, 0.29) is 29.5 Å². The molecule has 0 aromatic heterocycles. The number of halogens is 2. The zero-order chi connectivity index (χ0) is 17.6. The minimum Gasteiger partial charge on any atom is -0.396 e. The van der Waals surface area contributed by atoms with Crippen LogP contribution in [-0.4, -0.2) is 22.9 Å². The molecule has 3 atom stereocenters. The van der Waals surface area contributed by atoms with Crippen LogP contribution in [0.1, 0.15) is 47.5 Å². The summed E-state index contributed by atoms with van der Waals surface area (Å²) in [4.78, 5) is 14.8. The van der Waals surface area contributed by atoms with Gasteiger partial charge in [0.15, 0.2) is 0 Å². The predicted molar refractivity (Wildman–Crippen MR) is 92.2 cm³/mol. The number of carbonyl (C=O) groups excluding carboxylic acids is 1. The quantitative estimate of drug-likeness (QED) is 0.835. The number of benzene rings is 2. The number of nitrogens with two attached hydrogens (primary N) is 1. The maximum atomic E-state index is 13.7. The van der Waals surface area contributed by atoms with Gasteiger partial charge in [0, 0.05) is 17.6 Å². The van der Waals surface area contributed by atoms with E-state index in [1.54, 1.807) is 6.07 Å². The minimum absolute atomic E-state index is 0.0505. The third kappa shape index (κ3) is 2.88. The van der Waals surface area contributed by atoms with Crippen molar-refractivity contribution >= 4 is 11.6 Å². The summed E-state index contributed by atoms with van der Waals surface area (Å²) in [5.74, 6) is -0.571. The Labute approximate surface area is 145 Å². The molecule has 3 nitrogen and oxygen atoms in total. The fourth-order valence-electron chi connectivity index (χ4n) is 4.32. The molecule has 5 heteroatoms. The molecule has 0 unspecified atom stereocenters. The molecule has 2 N–H and O–H groups in total. The average molecular weight is 342 g/mol. The van der Waals surface area contributed by atoms with Crippen molar-refractivity contribution in [2.75, 3.05) is 5.73 Å². The summed E-state index contributed by atoms with van der Waals surface area (Å²) in [6.07, 6.45) is 3.66. The van der Waals surface area contributed by atoms with Crippen LogP contribution >= 0.6 is 0 Å². The molecule has 0 aliphatic carbocycles. The first-order valence-corrected chi connectivity index (χ1v) is 8.66. The number of anilines is 1. The number of fused-ring (bicyclic) bond motifs is 2. The zero-order valence-electron chi connectivity index (χ0n) is 13.8. The Bertz CT molecular complexity index is 792.